The Morgan fingerprint density at radius 1 is 1.22 bits per heavy atom. The van der Waals surface area contributed by atoms with Crippen LogP contribution in [0.1, 0.15) is 50.2 Å². The number of aromatic nitrogens is 3. The molecular formula is C15H21F3N4O. The van der Waals surface area contributed by atoms with Crippen LogP contribution in [0, 0.1) is 11.8 Å². The van der Waals surface area contributed by atoms with E-state index in [2.05, 4.69) is 15.5 Å². The van der Waals surface area contributed by atoms with E-state index in [1.807, 2.05) is 0 Å². The molecule has 3 rings (SSSR count). The molecule has 5 nitrogen and oxygen atoms in total. The van der Waals surface area contributed by atoms with Crippen molar-refractivity contribution in [2.24, 2.45) is 11.8 Å². The summed E-state index contributed by atoms with van der Waals surface area (Å²) >= 11 is 0. The minimum absolute atomic E-state index is 0.0513. The normalized spacial score (nSPS) is 22.1. The van der Waals surface area contributed by atoms with Crippen LogP contribution in [0.25, 0.3) is 0 Å². The van der Waals surface area contributed by atoms with Crippen LogP contribution in [0.4, 0.5) is 13.2 Å². The Kier molecular flexibility index (Phi) is 4.59. The number of carbonyl (C=O) groups is 1. The Balaban J connectivity index is 1.57. The quantitative estimate of drug-likeness (QED) is 0.923. The Bertz CT molecular complexity index is 564. The van der Waals surface area contributed by atoms with Gasteiger partial charge in [0, 0.05) is 19.4 Å². The molecule has 1 fully saturated rings. The van der Waals surface area contributed by atoms with E-state index in [9.17, 15) is 18.0 Å². The molecule has 1 atom stereocenters. The van der Waals surface area contributed by atoms with Gasteiger partial charge in [0.2, 0.25) is 5.91 Å². The maximum atomic E-state index is 12.9. The highest BCUT2D eigenvalue weighted by Gasteiger charge is 2.42. The second-order valence-electron chi connectivity index (χ2n) is 6.55. The first-order valence-corrected chi connectivity index (χ1v) is 8.18. The summed E-state index contributed by atoms with van der Waals surface area (Å²) in [5.74, 6) is 0.00700. The van der Waals surface area contributed by atoms with Gasteiger partial charge in [0.25, 0.3) is 0 Å². The van der Waals surface area contributed by atoms with E-state index < -0.39 is 12.1 Å². The van der Waals surface area contributed by atoms with Gasteiger partial charge in [-0.05, 0) is 25.2 Å². The second-order valence-corrected chi connectivity index (χ2v) is 6.55. The number of nitrogens with one attached hydrogen (secondary N) is 1. The van der Waals surface area contributed by atoms with E-state index in [0.29, 0.717) is 24.0 Å². The fourth-order valence-electron chi connectivity index (χ4n) is 3.51. The van der Waals surface area contributed by atoms with Crippen LogP contribution in [0.3, 0.4) is 0 Å². The summed E-state index contributed by atoms with van der Waals surface area (Å²) < 4.78 is 40.2. The lowest BCUT2D eigenvalue weighted by atomic mass is 9.99. The molecule has 0 unspecified atom stereocenters. The van der Waals surface area contributed by atoms with Crippen molar-refractivity contribution in [3.8, 4) is 0 Å². The number of alkyl halides is 3. The Morgan fingerprint density at radius 3 is 2.65 bits per heavy atom. The Hall–Kier alpha value is -1.60. The lowest BCUT2D eigenvalue weighted by Gasteiger charge is -2.26. The van der Waals surface area contributed by atoms with Crippen LogP contribution >= 0.6 is 0 Å². The number of hydrogen-bond donors (Lipinski definition) is 1. The molecule has 1 saturated carbocycles. The number of amides is 1. The lowest BCUT2D eigenvalue weighted by molar-refractivity contribution is -0.182. The molecular weight excluding hydrogens is 309 g/mol. The van der Waals surface area contributed by atoms with Gasteiger partial charge in [0.15, 0.2) is 5.82 Å². The third-order valence-electron chi connectivity index (χ3n) is 4.88. The van der Waals surface area contributed by atoms with Gasteiger partial charge in [0.1, 0.15) is 5.82 Å². The molecule has 1 aliphatic carbocycles. The average Bonchev–Trinajstić information content (AvgIpc) is 3.13. The summed E-state index contributed by atoms with van der Waals surface area (Å²) in [5.41, 5.74) is 0. The molecule has 0 aromatic carbocycles. The van der Waals surface area contributed by atoms with Crippen molar-refractivity contribution in [3.05, 3.63) is 11.6 Å². The van der Waals surface area contributed by atoms with E-state index in [1.54, 1.807) is 0 Å². The summed E-state index contributed by atoms with van der Waals surface area (Å²) in [6.45, 7) is -0.0111. The van der Waals surface area contributed by atoms with E-state index in [1.165, 1.54) is 17.4 Å². The van der Waals surface area contributed by atoms with E-state index in [0.717, 1.165) is 12.8 Å². The van der Waals surface area contributed by atoms with Gasteiger partial charge >= 0.3 is 6.18 Å². The van der Waals surface area contributed by atoms with Gasteiger partial charge in [0.05, 0.1) is 12.5 Å². The molecule has 1 amide bonds. The monoisotopic (exact) mass is 330 g/mol. The highest BCUT2D eigenvalue weighted by Crippen LogP contribution is 2.34. The molecule has 8 heteroatoms. The first kappa shape index (κ1) is 16.3. The van der Waals surface area contributed by atoms with Gasteiger partial charge in [-0.15, -0.1) is 10.2 Å². The molecule has 1 aliphatic heterocycles. The fraction of sp³-hybridized carbons (Fsp3) is 0.800. The average molecular weight is 330 g/mol. The molecule has 1 aromatic heterocycles. The van der Waals surface area contributed by atoms with Crippen LogP contribution in [0.15, 0.2) is 0 Å². The Labute approximate surface area is 132 Å². The minimum Gasteiger partial charge on any atom is -0.349 e. The van der Waals surface area contributed by atoms with Gasteiger partial charge in [-0.1, -0.05) is 12.8 Å². The Morgan fingerprint density at radius 2 is 1.96 bits per heavy atom. The zero-order valence-electron chi connectivity index (χ0n) is 12.9. The summed E-state index contributed by atoms with van der Waals surface area (Å²) in [5, 5.41) is 10.7. The number of nitrogens with zero attached hydrogens (tertiary/aromatic N) is 3. The SMILES string of the molecule is O=C(CC1CCCC1)NCc1nnc2n1C[C@H](C(F)(F)F)CC2. The van der Waals surface area contributed by atoms with Crippen molar-refractivity contribution in [1.82, 2.24) is 20.1 Å². The summed E-state index contributed by atoms with van der Waals surface area (Å²) in [6, 6.07) is 0. The summed E-state index contributed by atoms with van der Waals surface area (Å²) in [4.78, 5) is 11.9. The lowest BCUT2D eigenvalue weighted by Crippen LogP contribution is -2.34. The molecule has 1 N–H and O–H groups in total. The molecule has 0 spiro atoms. The topological polar surface area (TPSA) is 59.8 Å². The first-order chi connectivity index (χ1) is 10.9. The number of fused-ring (bicyclic) bond motifs is 1. The largest absolute Gasteiger partial charge is 0.393 e. The highest BCUT2D eigenvalue weighted by atomic mass is 19.4. The maximum absolute atomic E-state index is 12.9. The zero-order chi connectivity index (χ0) is 16.4. The van der Waals surface area contributed by atoms with E-state index in [-0.39, 0.29) is 31.8 Å². The number of halogens is 3. The van der Waals surface area contributed by atoms with Gasteiger partial charge in [-0.2, -0.15) is 13.2 Å². The second kappa shape index (κ2) is 6.49. The number of carbonyl (C=O) groups excluding carboxylic acids is 1. The van der Waals surface area contributed by atoms with Crippen molar-refractivity contribution >= 4 is 5.91 Å². The molecule has 128 valence electrons. The number of rotatable bonds is 4. The molecule has 23 heavy (non-hydrogen) atoms. The van der Waals surface area contributed by atoms with E-state index >= 15 is 0 Å². The van der Waals surface area contributed by atoms with Crippen molar-refractivity contribution in [3.63, 3.8) is 0 Å². The molecule has 2 aliphatic rings. The van der Waals surface area contributed by atoms with E-state index in [4.69, 9.17) is 0 Å². The van der Waals surface area contributed by atoms with Gasteiger partial charge in [-0.3, -0.25) is 4.79 Å². The fourth-order valence-corrected chi connectivity index (χ4v) is 3.51. The number of aryl methyl sites for hydroxylation is 1. The van der Waals surface area contributed by atoms with Crippen LogP contribution in [0.5, 0.6) is 0 Å². The molecule has 0 radical (unpaired) electrons. The first-order valence-electron chi connectivity index (χ1n) is 8.18. The van der Waals surface area contributed by atoms with Crippen molar-refractivity contribution in [2.75, 3.05) is 0 Å². The summed E-state index contributed by atoms with van der Waals surface area (Å²) in [7, 11) is 0. The highest BCUT2D eigenvalue weighted by molar-refractivity contribution is 5.76. The van der Waals surface area contributed by atoms with Gasteiger partial charge in [-0.25, -0.2) is 0 Å². The van der Waals surface area contributed by atoms with Crippen molar-refractivity contribution in [1.29, 1.82) is 0 Å². The van der Waals surface area contributed by atoms with Crippen molar-refractivity contribution in [2.45, 2.75) is 64.2 Å². The third-order valence-corrected chi connectivity index (χ3v) is 4.88. The minimum atomic E-state index is -4.20. The molecule has 1 aromatic rings. The molecule has 0 bridgehead atoms. The predicted octanol–water partition coefficient (Wildman–Crippen LogP) is 2.60. The van der Waals surface area contributed by atoms with Gasteiger partial charge < -0.3 is 9.88 Å². The standard InChI is InChI=1S/C15H21F3N4O/c16-15(17,18)11-5-6-12-20-21-13(22(12)9-11)8-19-14(23)7-10-3-1-2-4-10/h10-11H,1-9H2,(H,19,23)/t11-/m1/s1. The predicted molar refractivity (Wildman–Crippen MR) is 76.3 cm³/mol. The molecule has 0 saturated heterocycles. The maximum Gasteiger partial charge on any atom is 0.393 e. The number of hydrogen-bond acceptors (Lipinski definition) is 3. The zero-order valence-corrected chi connectivity index (χ0v) is 12.9. The van der Waals surface area contributed by atoms with Crippen LogP contribution in [0.2, 0.25) is 0 Å². The smallest absolute Gasteiger partial charge is 0.349 e. The third kappa shape index (κ3) is 3.84. The summed E-state index contributed by atoms with van der Waals surface area (Å²) in [6.07, 6.45) is 1.13. The van der Waals surface area contributed by atoms with Crippen LogP contribution in [-0.2, 0) is 24.3 Å². The van der Waals surface area contributed by atoms with Crippen LogP contribution < -0.4 is 5.32 Å². The molecule has 2 heterocycles. The van der Waals surface area contributed by atoms with Crippen LogP contribution in [-0.4, -0.2) is 26.8 Å². The van der Waals surface area contributed by atoms with Crippen molar-refractivity contribution < 1.29 is 18.0 Å².